The number of hydrogen-bond donors (Lipinski definition) is 0. The Balaban J connectivity index is 2.21. The Morgan fingerprint density at radius 2 is 1.93 bits per heavy atom. The highest BCUT2D eigenvalue weighted by Crippen LogP contribution is 2.33. The molecule has 0 saturated heterocycles. The van der Waals surface area contributed by atoms with Gasteiger partial charge in [0.05, 0.1) is 0 Å². The number of carbonyl (C=O) groups is 1. The number of carbonyl (C=O) groups excluding carboxylic acids is 1. The van der Waals surface area contributed by atoms with Crippen LogP contribution in [0, 0.1) is 5.82 Å². The molecule has 0 bridgehead atoms. The van der Waals surface area contributed by atoms with E-state index in [1.165, 1.54) is 6.07 Å². The van der Waals surface area contributed by atoms with Crippen LogP contribution in [0.5, 0.6) is 0 Å². The number of Topliss-reactive ketones (excluding diaryl/α,β-unsaturated/α-hetero) is 1. The van der Waals surface area contributed by atoms with Gasteiger partial charge in [-0.3, -0.25) is 4.79 Å². The first-order valence-electron chi connectivity index (χ1n) is 5.13. The quantitative estimate of drug-likeness (QED) is 0.759. The molecule has 1 aliphatic rings. The average Bonchev–Trinajstić information content (AvgIpc) is 2.23. The molecular formula is C12H12BrFO. The first-order chi connectivity index (χ1) is 7.16. The van der Waals surface area contributed by atoms with Crippen LogP contribution in [0.1, 0.15) is 37.2 Å². The van der Waals surface area contributed by atoms with Crippen molar-refractivity contribution in [2.24, 2.45) is 0 Å². The third kappa shape index (κ3) is 2.46. The Labute approximate surface area is 96.8 Å². The van der Waals surface area contributed by atoms with Gasteiger partial charge in [0.25, 0.3) is 0 Å². The lowest BCUT2D eigenvalue weighted by atomic mass is 9.83. The predicted octanol–water partition coefficient (Wildman–Crippen LogP) is 3.81. The topological polar surface area (TPSA) is 17.1 Å². The van der Waals surface area contributed by atoms with E-state index in [1.807, 2.05) is 6.07 Å². The van der Waals surface area contributed by atoms with E-state index < -0.39 is 0 Å². The summed E-state index contributed by atoms with van der Waals surface area (Å²) in [7, 11) is 0. The summed E-state index contributed by atoms with van der Waals surface area (Å²) in [6.45, 7) is 0. The van der Waals surface area contributed by atoms with E-state index in [0.717, 1.165) is 22.9 Å². The molecule has 0 atom stereocenters. The summed E-state index contributed by atoms with van der Waals surface area (Å²) in [4.78, 5) is 11.1. The summed E-state index contributed by atoms with van der Waals surface area (Å²) in [5.74, 6) is 0.361. The summed E-state index contributed by atoms with van der Waals surface area (Å²) < 4.78 is 14.4. The third-order valence-corrected chi connectivity index (χ3v) is 3.43. The highest BCUT2D eigenvalue weighted by Gasteiger charge is 2.22. The van der Waals surface area contributed by atoms with Crippen molar-refractivity contribution < 1.29 is 9.18 Å². The summed E-state index contributed by atoms with van der Waals surface area (Å²) in [6, 6.07) is 5.01. The van der Waals surface area contributed by atoms with Gasteiger partial charge < -0.3 is 0 Å². The maximum absolute atomic E-state index is 13.5. The molecule has 2 rings (SSSR count). The number of rotatable bonds is 1. The Bertz CT molecular complexity index is 379. The Morgan fingerprint density at radius 1 is 1.27 bits per heavy atom. The van der Waals surface area contributed by atoms with Crippen LogP contribution in [-0.2, 0) is 4.79 Å². The number of hydrogen-bond acceptors (Lipinski definition) is 1. The van der Waals surface area contributed by atoms with Crippen LogP contribution in [-0.4, -0.2) is 5.78 Å². The van der Waals surface area contributed by atoms with Crippen LogP contribution in [0.4, 0.5) is 4.39 Å². The predicted molar refractivity (Wildman–Crippen MR) is 60.3 cm³/mol. The van der Waals surface area contributed by atoms with Crippen molar-refractivity contribution in [2.75, 3.05) is 0 Å². The molecule has 0 N–H and O–H groups in total. The van der Waals surface area contributed by atoms with Crippen LogP contribution in [0.2, 0.25) is 0 Å². The molecule has 0 radical (unpaired) electrons. The molecule has 1 aliphatic carbocycles. The highest BCUT2D eigenvalue weighted by molar-refractivity contribution is 9.10. The van der Waals surface area contributed by atoms with Crippen molar-refractivity contribution in [3.63, 3.8) is 0 Å². The van der Waals surface area contributed by atoms with Gasteiger partial charge in [-0.25, -0.2) is 4.39 Å². The van der Waals surface area contributed by atoms with E-state index in [0.29, 0.717) is 18.6 Å². The van der Waals surface area contributed by atoms with E-state index >= 15 is 0 Å². The van der Waals surface area contributed by atoms with Crippen LogP contribution in [0.25, 0.3) is 0 Å². The van der Waals surface area contributed by atoms with Crippen LogP contribution >= 0.6 is 15.9 Å². The third-order valence-electron chi connectivity index (χ3n) is 2.94. The molecule has 0 amide bonds. The molecule has 1 aromatic carbocycles. The maximum Gasteiger partial charge on any atom is 0.132 e. The molecule has 0 heterocycles. The maximum atomic E-state index is 13.5. The average molecular weight is 271 g/mol. The van der Waals surface area contributed by atoms with Gasteiger partial charge in [0.1, 0.15) is 11.6 Å². The van der Waals surface area contributed by atoms with Crippen LogP contribution in [0.3, 0.4) is 0 Å². The van der Waals surface area contributed by atoms with E-state index in [4.69, 9.17) is 0 Å². The highest BCUT2D eigenvalue weighted by atomic mass is 79.9. The minimum absolute atomic E-state index is 0.155. The molecule has 0 aromatic heterocycles. The molecule has 0 unspecified atom stereocenters. The van der Waals surface area contributed by atoms with Gasteiger partial charge >= 0.3 is 0 Å². The lowest BCUT2D eigenvalue weighted by Gasteiger charge is -2.21. The Hall–Kier alpha value is -0.700. The second-order valence-electron chi connectivity index (χ2n) is 3.98. The largest absolute Gasteiger partial charge is 0.300 e. The minimum atomic E-state index is -0.155. The molecule has 0 spiro atoms. The minimum Gasteiger partial charge on any atom is -0.300 e. The van der Waals surface area contributed by atoms with Gasteiger partial charge in [-0.1, -0.05) is 15.9 Å². The van der Waals surface area contributed by atoms with Gasteiger partial charge in [0, 0.05) is 17.3 Å². The van der Waals surface area contributed by atoms with Crippen molar-refractivity contribution in [2.45, 2.75) is 31.6 Å². The summed E-state index contributed by atoms with van der Waals surface area (Å²) in [6.07, 6.45) is 2.76. The van der Waals surface area contributed by atoms with E-state index in [1.54, 1.807) is 6.07 Å². The molecule has 1 aromatic rings. The summed E-state index contributed by atoms with van der Waals surface area (Å²) >= 11 is 3.34. The van der Waals surface area contributed by atoms with Gasteiger partial charge in [-0.2, -0.15) is 0 Å². The standard InChI is InChI=1S/C12H12BrFO/c13-9-3-6-12(14)11(7-9)8-1-4-10(15)5-2-8/h3,6-8H,1-2,4-5H2. The second kappa shape index (κ2) is 4.44. The number of benzene rings is 1. The van der Waals surface area contributed by atoms with Crippen LogP contribution < -0.4 is 0 Å². The summed E-state index contributed by atoms with van der Waals surface area (Å²) in [5.41, 5.74) is 0.747. The van der Waals surface area contributed by atoms with E-state index in [-0.39, 0.29) is 11.7 Å². The van der Waals surface area contributed by atoms with Gasteiger partial charge in [-0.15, -0.1) is 0 Å². The van der Waals surface area contributed by atoms with Crippen molar-refractivity contribution in [1.82, 2.24) is 0 Å². The van der Waals surface area contributed by atoms with Crippen molar-refractivity contribution in [3.8, 4) is 0 Å². The fourth-order valence-corrected chi connectivity index (χ4v) is 2.46. The molecule has 3 heteroatoms. The van der Waals surface area contributed by atoms with Gasteiger partial charge in [-0.05, 0) is 42.5 Å². The van der Waals surface area contributed by atoms with E-state index in [2.05, 4.69) is 15.9 Å². The van der Waals surface area contributed by atoms with Crippen LogP contribution in [0.15, 0.2) is 22.7 Å². The van der Waals surface area contributed by atoms with Crippen molar-refractivity contribution in [3.05, 3.63) is 34.1 Å². The lowest BCUT2D eigenvalue weighted by Crippen LogP contribution is -2.13. The molecule has 1 fully saturated rings. The zero-order valence-electron chi connectivity index (χ0n) is 8.30. The zero-order valence-corrected chi connectivity index (χ0v) is 9.89. The first kappa shape index (κ1) is 10.8. The lowest BCUT2D eigenvalue weighted by molar-refractivity contribution is -0.120. The molecular weight excluding hydrogens is 259 g/mol. The molecule has 80 valence electrons. The van der Waals surface area contributed by atoms with Crippen molar-refractivity contribution >= 4 is 21.7 Å². The van der Waals surface area contributed by atoms with Crippen molar-refractivity contribution in [1.29, 1.82) is 0 Å². The smallest absolute Gasteiger partial charge is 0.132 e. The van der Waals surface area contributed by atoms with Gasteiger partial charge in [0.15, 0.2) is 0 Å². The Kier molecular flexibility index (Phi) is 3.19. The zero-order chi connectivity index (χ0) is 10.8. The Morgan fingerprint density at radius 3 is 2.60 bits per heavy atom. The fraction of sp³-hybridized carbons (Fsp3) is 0.417. The van der Waals surface area contributed by atoms with E-state index in [9.17, 15) is 9.18 Å². The van der Waals surface area contributed by atoms with Gasteiger partial charge in [0.2, 0.25) is 0 Å². The first-order valence-corrected chi connectivity index (χ1v) is 5.93. The second-order valence-corrected chi connectivity index (χ2v) is 4.89. The number of ketones is 1. The molecule has 1 nitrogen and oxygen atoms in total. The normalized spacial score (nSPS) is 18.1. The number of halogens is 2. The SMILES string of the molecule is O=C1CCC(c2cc(Br)ccc2F)CC1. The monoisotopic (exact) mass is 270 g/mol. The molecule has 1 saturated carbocycles. The summed E-state index contributed by atoms with van der Waals surface area (Å²) in [5, 5.41) is 0. The molecule has 15 heavy (non-hydrogen) atoms. The fourth-order valence-electron chi connectivity index (χ4n) is 2.08. The molecule has 0 aliphatic heterocycles.